The van der Waals surface area contributed by atoms with Crippen LogP contribution in [0.1, 0.15) is 71.9 Å². The lowest BCUT2D eigenvalue weighted by Crippen LogP contribution is -2.27. The fourth-order valence-corrected chi connectivity index (χ4v) is 6.91. The molecule has 0 atom stereocenters. The van der Waals surface area contributed by atoms with Crippen molar-refractivity contribution in [3.05, 3.63) is 93.7 Å². The maximum Gasteiger partial charge on any atom is 0.213 e. The number of phenolic OH excluding ortho intramolecular Hbond substituents is 2. The van der Waals surface area contributed by atoms with Gasteiger partial charge in [-0.2, -0.15) is 4.58 Å². The number of fused-ring (bicyclic) bond motifs is 2. The van der Waals surface area contributed by atoms with Crippen molar-refractivity contribution in [2.75, 3.05) is 18.0 Å². The van der Waals surface area contributed by atoms with E-state index in [-0.39, 0.29) is 10.8 Å². The molecule has 0 spiro atoms. The molecule has 2 aromatic rings. The van der Waals surface area contributed by atoms with Gasteiger partial charge in [0.25, 0.3) is 0 Å². The van der Waals surface area contributed by atoms with Crippen molar-refractivity contribution in [1.82, 2.24) is 0 Å². The van der Waals surface area contributed by atoms with Gasteiger partial charge in [-0.25, -0.2) is 0 Å². The van der Waals surface area contributed by atoms with E-state index in [9.17, 15) is 10.2 Å². The molecule has 2 N–H and O–H groups in total. The van der Waals surface area contributed by atoms with Crippen LogP contribution in [0.2, 0.25) is 0 Å². The summed E-state index contributed by atoms with van der Waals surface area (Å²) < 4.78 is 2.29. The lowest BCUT2D eigenvalue weighted by Gasteiger charge is -2.26. The van der Waals surface area contributed by atoms with Crippen LogP contribution in [0.3, 0.4) is 0 Å². The number of benzene rings is 2. The SMILES string of the molecule is CCN1C(=CC=C2CCCC(C=CC3=[N+](CC)c4cc(O)ccc4C3(C)C)=C2Cl)C(C)(C)c2ccc(O)cc21. The fraction of sp³-hybridized carbons (Fsp3) is 0.382. The number of nitrogens with zero attached hydrogens (tertiary/aromatic N) is 2. The molecule has 1 aliphatic carbocycles. The molecule has 2 aliphatic heterocycles. The Morgan fingerprint density at radius 2 is 1.59 bits per heavy atom. The largest absolute Gasteiger partial charge is 0.508 e. The predicted molar refractivity (Wildman–Crippen MR) is 163 cm³/mol. The smallest absolute Gasteiger partial charge is 0.213 e. The molecule has 4 nitrogen and oxygen atoms in total. The molecule has 0 bridgehead atoms. The monoisotopic (exact) mass is 543 g/mol. The van der Waals surface area contributed by atoms with Gasteiger partial charge in [-0.1, -0.05) is 43.7 Å². The highest BCUT2D eigenvalue weighted by atomic mass is 35.5. The Hall–Kier alpha value is -3.24. The molecule has 39 heavy (non-hydrogen) atoms. The number of aromatic hydroxyl groups is 2. The number of likely N-dealkylation sites (N-methyl/N-ethyl adjacent to an activating group) is 1. The quantitative estimate of drug-likeness (QED) is 0.372. The minimum absolute atomic E-state index is 0.165. The zero-order valence-electron chi connectivity index (χ0n) is 24.0. The molecular weight excluding hydrogens is 504 g/mol. The average molecular weight is 544 g/mol. The highest BCUT2D eigenvalue weighted by Crippen LogP contribution is 2.49. The van der Waals surface area contributed by atoms with Gasteiger partial charge in [-0.15, -0.1) is 0 Å². The van der Waals surface area contributed by atoms with Crippen molar-refractivity contribution >= 4 is 28.7 Å². The van der Waals surface area contributed by atoms with Gasteiger partial charge in [0, 0.05) is 46.1 Å². The van der Waals surface area contributed by atoms with Crippen LogP contribution in [0.4, 0.5) is 11.4 Å². The first-order valence-corrected chi connectivity index (χ1v) is 14.5. The number of anilines is 1. The van der Waals surface area contributed by atoms with Crippen LogP contribution in [0.5, 0.6) is 11.5 Å². The van der Waals surface area contributed by atoms with Crippen LogP contribution in [0.25, 0.3) is 0 Å². The highest BCUT2D eigenvalue weighted by molar-refractivity contribution is 6.32. The number of hydrogen-bond donors (Lipinski definition) is 2. The molecule has 0 amide bonds. The minimum Gasteiger partial charge on any atom is -0.508 e. The molecule has 5 heteroatoms. The zero-order chi connectivity index (χ0) is 28.1. The summed E-state index contributed by atoms with van der Waals surface area (Å²) in [5.74, 6) is 0.587. The van der Waals surface area contributed by atoms with Crippen LogP contribution in [0.15, 0.2) is 82.6 Å². The Labute approximate surface area is 237 Å². The first kappa shape index (κ1) is 27.3. The van der Waals surface area contributed by atoms with Gasteiger partial charge in [-0.3, -0.25) is 0 Å². The van der Waals surface area contributed by atoms with Crippen LogP contribution >= 0.6 is 11.6 Å². The molecule has 5 rings (SSSR count). The summed E-state index contributed by atoms with van der Waals surface area (Å²) in [7, 11) is 0. The predicted octanol–water partition coefficient (Wildman–Crippen LogP) is 8.35. The standard InChI is InChI=1S/C34H39ClN2O2/c1-7-36-28-20-24(38)14-16-26(28)33(3,4)30(36)18-12-22-10-9-11-23(32(22)35)13-19-31-34(5,6)27-17-15-25(39)21-29(27)37(31)8-2/h12-21H,7-11H2,1-6H3,(H-,38,39)/p+1. The van der Waals surface area contributed by atoms with E-state index in [0.717, 1.165) is 59.9 Å². The number of phenols is 2. The molecule has 0 unspecified atom stereocenters. The zero-order valence-corrected chi connectivity index (χ0v) is 24.7. The third-order valence-electron chi connectivity index (χ3n) is 8.73. The molecule has 0 saturated carbocycles. The number of rotatable bonds is 5. The van der Waals surface area contributed by atoms with E-state index in [0.29, 0.717) is 11.5 Å². The van der Waals surface area contributed by atoms with E-state index in [2.05, 4.69) is 75.3 Å². The summed E-state index contributed by atoms with van der Waals surface area (Å²) in [5, 5.41) is 21.1. The summed E-state index contributed by atoms with van der Waals surface area (Å²) >= 11 is 7.05. The fourth-order valence-electron chi connectivity index (χ4n) is 6.60. The second kappa shape index (κ2) is 10.1. The summed E-state index contributed by atoms with van der Waals surface area (Å²) in [6, 6.07) is 11.4. The second-order valence-corrected chi connectivity index (χ2v) is 12.2. The molecule has 0 radical (unpaired) electrons. The number of allylic oxidation sites excluding steroid dienone is 8. The Morgan fingerprint density at radius 3 is 2.28 bits per heavy atom. The minimum atomic E-state index is -0.165. The van der Waals surface area contributed by atoms with Crippen molar-refractivity contribution < 1.29 is 14.8 Å². The van der Waals surface area contributed by atoms with E-state index in [4.69, 9.17) is 11.6 Å². The topological polar surface area (TPSA) is 46.7 Å². The first-order chi connectivity index (χ1) is 18.5. The lowest BCUT2D eigenvalue weighted by molar-refractivity contribution is -0.433. The van der Waals surface area contributed by atoms with E-state index in [1.807, 2.05) is 24.3 Å². The summed E-state index contributed by atoms with van der Waals surface area (Å²) in [5.41, 5.74) is 9.04. The van der Waals surface area contributed by atoms with Gasteiger partial charge in [0.05, 0.1) is 11.5 Å². The Morgan fingerprint density at radius 1 is 0.897 bits per heavy atom. The maximum absolute atomic E-state index is 10.1. The van der Waals surface area contributed by atoms with E-state index in [1.54, 1.807) is 12.1 Å². The van der Waals surface area contributed by atoms with Crippen LogP contribution in [-0.2, 0) is 10.8 Å². The van der Waals surface area contributed by atoms with Crippen molar-refractivity contribution in [2.45, 2.75) is 71.6 Å². The second-order valence-electron chi connectivity index (χ2n) is 11.8. The van der Waals surface area contributed by atoms with Gasteiger partial charge >= 0.3 is 0 Å². The molecule has 0 saturated heterocycles. The number of hydrogen-bond acceptors (Lipinski definition) is 3. The number of halogens is 1. The lowest BCUT2D eigenvalue weighted by atomic mass is 9.81. The molecule has 0 fully saturated rings. The van der Waals surface area contributed by atoms with E-state index in [1.165, 1.54) is 22.5 Å². The van der Waals surface area contributed by atoms with Gasteiger partial charge in [0.2, 0.25) is 5.69 Å². The van der Waals surface area contributed by atoms with Crippen molar-refractivity contribution in [3.63, 3.8) is 0 Å². The van der Waals surface area contributed by atoms with Crippen LogP contribution < -0.4 is 4.90 Å². The van der Waals surface area contributed by atoms with Gasteiger partial charge < -0.3 is 15.1 Å². The Balaban J connectivity index is 1.49. The van der Waals surface area contributed by atoms with Gasteiger partial charge in [0.15, 0.2) is 5.71 Å². The van der Waals surface area contributed by atoms with Gasteiger partial charge in [0.1, 0.15) is 18.0 Å². The van der Waals surface area contributed by atoms with Crippen LogP contribution in [-0.4, -0.2) is 33.6 Å². The first-order valence-electron chi connectivity index (χ1n) is 14.1. The van der Waals surface area contributed by atoms with Crippen molar-refractivity contribution in [3.8, 4) is 11.5 Å². The third kappa shape index (κ3) is 4.53. The molecule has 0 aromatic heterocycles. The van der Waals surface area contributed by atoms with Crippen LogP contribution in [0, 0.1) is 0 Å². The van der Waals surface area contributed by atoms with Gasteiger partial charge in [-0.05, 0) is 87.9 Å². The summed E-state index contributed by atoms with van der Waals surface area (Å²) in [4.78, 5) is 2.29. The average Bonchev–Trinajstić information content (AvgIpc) is 3.23. The molecule has 204 valence electrons. The molecule has 2 aromatic carbocycles. The van der Waals surface area contributed by atoms with Crippen molar-refractivity contribution in [2.24, 2.45) is 0 Å². The van der Waals surface area contributed by atoms with E-state index < -0.39 is 0 Å². The summed E-state index contributed by atoms with van der Waals surface area (Å²) in [6.07, 6.45) is 11.8. The molecular formula is C34H40ClN2O2+. The third-order valence-corrected chi connectivity index (χ3v) is 9.21. The molecule has 2 heterocycles. The highest BCUT2D eigenvalue weighted by Gasteiger charge is 2.44. The Kier molecular flexibility index (Phi) is 7.05. The van der Waals surface area contributed by atoms with E-state index >= 15 is 0 Å². The Bertz CT molecular complexity index is 1490. The van der Waals surface area contributed by atoms with Crippen molar-refractivity contribution in [1.29, 1.82) is 0 Å². The maximum atomic E-state index is 10.1. The normalized spacial score (nSPS) is 22.0. The molecule has 3 aliphatic rings. The summed E-state index contributed by atoms with van der Waals surface area (Å²) in [6.45, 7) is 14.9.